The van der Waals surface area contributed by atoms with E-state index in [4.69, 9.17) is 5.73 Å². The van der Waals surface area contributed by atoms with E-state index in [1.165, 1.54) is 0 Å². The van der Waals surface area contributed by atoms with E-state index in [0.29, 0.717) is 13.1 Å². The molecular formula is C12H19N3O. The number of carbonyl (C=O) groups is 1. The standard InChI is InChI=1S/C12H19N3O/c1-12(2,8-13)9-14-11(16)15-10-6-4-3-5-7-10/h3-7H,8-9,13H2,1-2H3,(H2,14,15,16). The van der Waals surface area contributed by atoms with Crippen molar-refractivity contribution in [2.75, 3.05) is 18.4 Å². The molecule has 0 atom stereocenters. The smallest absolute Gasteiger partial charge is 0.319 e. The number of amides is 2. The lowest BCUT2D eigenvalue weighted by molar-refractivity contribution is 0.245. The zero-order valence-electron chi connectivity index (χ0n) is 9.79. The van der Waals surface area contributed by atoms with Gasteiger partial charge < -0.3 is 16.4 Å². The Morgan fingerprint density at radius 3 is 2.50 bits per heavy atom. The van der Waals surface area contributed by atoms with Gasteiger partial charge in [0.05, 0.1) is 0 Å². The van der Waals surface area contributed by atoms with E-state index in [1.807, 2.05) is 44.2 Å². The third kappa shape index (κ3) is 4.31. The Bertz CT molecular complexity index is 335. The molecule has 0 aliphatic rings. The van der Waals surface area contributed by atoms with Gasteiger partial charge in [0.2, 0.25) is 0 Å². The Hall–Kier alpha value is -1.55. The van der Waals surface area contributed by atoms with Crippen molar-refractivity contribution in [3.63, 3.8) is 0 Å². The van der Waals surface area contributed by atoms with Crippen LogP contribution in [0.2, 0.25) is 0 Å². The van der Waals surface area contributed by atoms with Gasteiger partial charge in [0, 0.05) is 12.2 Å². The lowest BCUT2D eigenvalue weighted by atomic mass is 9.94. The van der Waals surface area contributed by atoms with Crippen molar-refractivity contribution >= 4 is 11.7 Å². The summed E-state index contributed by atoms with van der Waals surface area (Å²) in [5, 5.41) is 5.54. The molecule has 0 radical (unpaired) electrons. The summed E-state index contributed by atoms with van der Waals surface area (Å²) < 4.78 is 0. The first-order chi connectivity index (χ1) is 7.53. The molecule has 0 fully saturated rings. The summed E-state index contributed by atoms with van der Waals surface area (Å²) in [6, 6.07) is 9.13. The van der Waals surface area contributed by atoms with Crippen LogP contribution < -0.4 is 16.4 Å². The Morgan fingerprint density at radius 1 is 1.31 bits per heavy atom. The highest BCUT2D eigenvalue weighted by Gasteiger charge is 2.16. The van der Waals surface area contributed by atoms with Gasteiger partial charge in [0.1, 0.15) is 0 Å². The summed E-state index contributed by atoms with van der Waals surface area (Å²) in [5.74, 6) is 0. The number of nitrogens with two attached hydrogens (primary N) is 1. The summed E-state index contributed by atoms with van der Waals surface area (Å²) in [5.41, 5.74) is 6.28. The maximum Gasteiger partial charge on any atom is 0.319 e. The van der Waals surface area contributed by atoms with Crippen LogP contribution in [0, 0.1) is 5.41 Å². The van der Waals surface area contributed by atoms with Gasteiger partial charge in [-0.2, -0.15) is 0 Å². The van der Waals surface area contributed by atoms with Crippen molar-refractivity contribution in [2.24, 2.45) is 11.1 Å². The van der Waals surface area contributed by atoms with E-state index in [0.717, 1.165) is 5.69 Å². The quantitative estimate of drug-likeness (QED) is 0.725. The number of hydrogen-bond donors (Lipinski definition) is 3. The number of anilines is 1. The van der Waals surface area contributed by atoms with Crippen molar-refractivity contribution < 1.29 is 4.79 Å². The predicted molar refractivity (Wildman–Crippen MR) is 66.3 cm³/mol. The minimum atomic E-state index is -0.201. The van der Waals surface area contributed by atoms with E-state index in [2.05, 4.69) is 10.6 Å². The third-order valence-electron chi connectivity index (χ3n) is 2.31. The minimum absolute atomic E-state index is 0.0754. The Morgan fingerprint density at radius 2 is 1.94 bits per heavy atom. The molecule has 1 aromatic carbocycles. The van der Waals surface area contributed by atoms with E-state index in [1.54, 1.807) is 0 Å². The first-order valence-corrected chi connectivity index (χ1v) is 5.33. The first-order valence-electron chi connectivity index (χ1n) is 5.33. The largest absolute Gasteiger partial charge is 0.337 e. The normalized spacial score (nSPS) is 10.9. The maximum absolute atomic E-state index is 11.5. The topological polar surface area (TPSA) is 67.1 Å². The zero-order chi connectivity index (χ0) is 12.0. The molecule has 16 heavy (non-hydrogen) atoms. The van der Waals surface area contributed by atoms with Gasteiger partial charge in [0.15, 0.2) is 0 Å². The van der Waals surface area contributed by atoms with Crippen LogP contribution in [-0.4, -0.2) is 19.1 Å². The highest BCUT2D eigenvalue weighted by atomic mass is 16.2. The fraction of sp³-hybridized carbons (Fsp3) is 0.417. The first kappa shape index (κ1) is 12.5. The van der Waals surface area contributed by atoms with Crippen LogP contribution >= 0.6 is 0 Å². The van der Waals surface area contributed by atoms with Gasteiger partial charge in [-0.15, -0.1) is 0 Å². The average molecular weight is 221 g/mol. The number of hydrogen-bond acceptors (Lipinski definition) is 2. The van der Waals surface area contributed by atoms with Crippen molar-refractivity contribution in [2.45, 2.75) is 13.8 Å². The summed E-state index contributed by atoms with van der Waals surface area (Å²) in [6.07, 6.45) is 0. The zero-order valence-corrected chi connectivity index (χ0v) is 9.79. The number of urea groups is 1. The molecule has 4 heteroatoms. The predicted octanol–water partition coefficient (Wildman–Crippen LogP) is 1.79. The molecule has 0 bridgehead atoms. The molecular weight excluding hydrogens is 202 g/mol. The van der Waals surface area contributed by atoms with Crippen LogP contribution in [0.15, 0.2) is 30.3 Å². The van der Waals surface area contributed by atoms with Gasteiger partial charge >= 0.3 is 6.03 Å². The second-order valence-electron chi connectivity index (χ2n) is 4.54. The van der Waals surface area contributed by atoms with Gasteiger partial charge in [-0.3, -0.25) is 0 Å². The molecule has 0 aliphatic carbocycles. The molecule has 0 saturated carbocycles. The minimum Gasteiger partial charge on any atom is -0.337 e. The van der Waals surface area contributed by atoms with Crippen molar-refractivity contribution in [1.29, 1.82) is 0 Å². The molecule has 0 aliphatic heterocycles. The second-order valence-corrected chi connectivity index (χ2v) is 4.54. The molecule has 4 N–H and O–H groups in total. The highest BCUT2D eigenvalue weighted by Crippen LogP contribution is 2.10. The molecule has 2 amide bonds. The van der Waals surface area contributed by atoms with E-state index < -0.39 is 0 Å². The molecule has 4 nitrogen and oxygen atoms in total. The summed E-state index contributed by atoms with van der Waals surface area (Å²) in [4.78, 5) is 11.5. The maximum atomic E-state index is 11.5. The van der Waals surface area contributed by atoms with Gasteiger partial charge in [-0.05, 0) is 24.1 Å². The molecule has 0 heterocycles. The van der Waals surface area contributed by atoms with Crippen LogP contribution in [-0.2, 0) is 0 Å². The fourth-order valence-electron chi connectivity index (χ4n) is 1.09. The van der Waals surface area contributed by atoms with Crippen molar-refractivity contribution in [1.82, 2.24) is 5.32 Å². The summed E-state index contributed by atoms with van der Waals surface area (Å²) in [6.45, 7) is 5.12. The fourth-order valence-corrected chi connectivity index (χ4v) is 1.09. The molecule has 0 spiro atoms. The Labute approximate surface area is 96.2 Å². The Balaban J connectivity index is 2.38. The molecule has 0 unspecified atom stereocenters. The third-order valence-corrected chi connectivity index (χ3v) is 2.31. The highest BCUT2D eigenvalue weighted by molar-refractivity contribution is 5.89. The van der Waals surface area contributed by atoms with Gasteiger partial charge in [-0.1, -0.05) is 32.0 Å². The van der Waals surface area contributed by atoms with Crippen molar-refractivity contribution in [3.05, 3.63) is 30.3 Å². The van der Waals surface area contributed by atoms with Crippen LogP contribution in [0.4, 0.5) is 10.5 Å². The summed E-state index contributed by atoms with van der Waals surface area (Å²) in [7, 11) is 0. The number of benzene rings is 1. The van der Waals surface area contributed by atoms with Gasteiger partial charge in [0.25, 0.3) is 0 Å². The number of rotatable bonds is 4. The van der Waals surface area contributed by atoms with Crippen molar-refractivity contribution in [3.8, 4) is 0 Å². The van der Waals surface area contributed by atoms with E-state index in [9.17, 15) is 4.79 Å². The SMILES string of the molecule is CC(C)(CN)CNC(=O)Nc1ccccc1. The lowest BCUT2D eigenvalue weighted by Crippen LogP contribution is -2.40. The average Bonchev–Trinajstić information content (AvgIpc) is 2.28. The lowest BCUT2D eigenvalue weighted by Gasteiger charge is -2.22. The van der Waals surface area contributed by atoms with Crippen LogP contribution in [0.3, 0.4) is 0 Å². The van der Waals surface area contributed by atoms with E-state index in [-0.39, 0.29) is 11.4 Å². The monoisotopic (exact) mass is 221 g/mol. The molecule has 1 aromatic rings. The number of nitrogens with one attached hydrogen (secondary N) is 2. The summed E-state index contributed by atoms with van der Waals surface area (Å²) >= 11 is 0. The molecule has 88 valence electrons. The molecule has 0 saturated heterocycles. The number of para-hydroxylation sites is 1. The molecule has 1 rings (SSSR count). The number of carbonyl (C=O) groups excluding carboxylic acids is 1. The Kier molecular flexibility index (Phi) is 4.31. The van der Waals surface area contributed by atoms with E-state index >= 15 is 0 Å². The van der Waals surface area contributed by atoms with Crippen LogP contribution in [0.25, 0.3) is 0 Å². The molecule has 0 aromatic heterocycles. The van der Waals surface area contributed by atoms with Crippen LogP contribution in [0.5, 0.6) is 0 Å². The van der Waals surface area contributed by atoms with Crippen LogP contribution in [0.1, 0.15) is 13.8 Å². The second kappa shape index (κ2) is 5.51. The van der Waals surface area contributed by atoms with Gasteiger partial charge in [-0.25, -0.2) is 4.79 Å².